The fourth-order valence-electron chi connectivity index (χ4n) is 1.07. The molecule has 2 atom stereocenters. The number of hydrogen-bond acceptors (Lipinski definition) is 3. The Bertz CT molecular complexity index is 252. The zero-order chi connectivity index (χ0) is 11.9. The van der Waals surface area contributed by atoms with Crippen molar-refractivity contribution in [1.82, 2.24) is 10.0 Å². The first-order chi connectivity index (χ1) is 6.94. The van der Waals surface area contributed by atoms with Gasteiger partial charge in [0, 0.05) is 12.6 Å². The Morgan fingerprint density at radius 3 is 2.27 bits per heavy atom. The Labute approximate surface area is 93.9 Å². The van der Waals surface area contributed by atoms with Gasteiger partial charge in [-0.1, -0.05) is 13.8 Å². The molecule has 0 aromatic heterocycles. The van der Waals surface area contributed by atoms with Gasteiger partial charge >= 0.3 is 0 Å². The zero-order valence-electron chi connectivity index (χ0n) is 10.2. The fraction of sp³-hybridized carbons (Fsp3) is 1.00. The van der Waals surface area contributed by atoms with Crippen LogP contribution in [0.5, 0.6) is 0 Å². The fourth-order valence-corrected chi connectivity index (χ4v) is 2.37. The molecule has 92 valence electrons. The summed E-state index contributed by atoms with van der Waals surface area (Å²) in [5, 5.41) is 2.74. The van der Waals surface area contributed by atoms with Crippen LogP contribution in [-0.2, 0) is 10.0 Å². The van der Waals surface area contributed by atoms with Crippen LogP contribution in [-0.4, -0.2) is 32.8 Å². The molecule has 0 heterocycles. The molecular weight excluding hydrogens is 212 g/mol. The molecule has 0 amide bonds. The van der Waals surface area contributed by atoms with Crippen LogP contribution in [0, 0.1) is 0 Å². The van der Waals surface area contributed by atoms with Gasteiger partial charge in [-0.15, -0.1) is 0 Å². The third-order valence-electron chi connectivity index (χ3n) is 2.37. The highest BCUT2D eigenvalue weighted by atomic mass is 32.2. The summed E-state index contributed by atoms with van der Waals surface area (Å²) in [7, 11) is -3.16. The number of nitrogens with one attached hydrogen (secondary N) is 2. The second kappa shape index (κ2) is 7.19. The molecule has 0 saturated heterocycles. The molecule has 15 heavy (non-hydrogen) atoms. The molecule has 0 saturated carbocycles. The van der Waals surface area contributed by atoms with E-state index in [2.05, 4.69) is 17.0 Å². The van der Waals surface area contributed by atoms with E-state index in [1.807, 2.05) is 13.8 Å². The van der Waals surface area contributed by atoms with Gasteiger partial charge in [-0.05, 0) is 33.2 Å². The average Bonchev–Trinajstić information content (AvgIpc) is 2.17. The van der Waals surface area contributed by atoms with Crippen LogP contribution >= 0.6 is 0 Å². The molecule has 0 aliphatic heterocycles. The van der Waals surface area contributed by atoms with Crippen molar-refractivity contribution in [3.05, 3.63) is 0 Å². The van der Waals surface area contributed by atoms with Crippen LogP contribution in [0.3, 0.4) is 0 Å². The SMILES string of the molecule is CCCNCC(C)S(=O)(=O)NC(C)CC. The molecule has 0 aliphatic carbocycles. The number of hydrogen-bond donors (Lipinski definition) is 2. The van der Waals surface area contributed by atoms with Crippen molar-refractivity contribution in [1.29, 1.82) is 0 Å². The summed E-state index contributed by atoms with van der Waals surface area (Å²) >= 11 is 0. The van der Waals surface area contributed by atoms with E-state index in [1.54, 1.807) is 6.92 Å². The van der Waals surface area contributed by atoms with E-state index in [1.165, 1.54) is 0 Å². The third-order valence-corrected chi connectivity index (χ3v) is 4.32. The van der Waals surface area contributed by atoms with Gasteiger partial charge in [-0.25, -0.2) is 13.1 Å². The van der Waals surface area contributed by atoms with E-state index in [0.29, 0.717) is 6.54 Å². The summed E-state index contributed by atoms with van der Waals surface area (Å²) in [5.41, 5.74) is 0. The highest BCUT2D eigenvalue weighted by Crippen LogP contribution is 2.00. The molecule has 0 bridgehead atoms. The minimum atomic E-state index is -3.16. The van der Waals surface area contributed by atoms with Gasteiger partial charge in [0.1, 0.15) is 0 Å². The van der Waals surface area contributed by atoms with Gasteiger partial charge in [-0.2, -0.15) is 0 Å². The predicted molar refractivity (Wildman–Crippen MR) is 64.4 cm³/mol. The molecule has 0 spiro atoms. The van der Waals surface area contributed by atoms with Crippen LogP contribution in [0.1, 0.15) is 40.5 Å². The van der Waals surface area contributed by atoms with Crippen LogP contribution < -0.4 is 10.0 Å². The maximum Gasteiger partial charge on any atom is 0.215 e. The van der Waals surface area contributed by atoms with Crippen LogP contribution in [0.2, 0.25) is 0 Å². The normalized spacial score (nSPS) is 16.3. The molecule has 2 unspecified atom stereocenters. The van der Waals surface area contributed by atoms with Crippen LogP contribution in [0.4, 0.5) is 0 Å². The van der Waals surface area contributed by atoms with Crippen LogP contribution in [0.25, 0.3) is 0 Å². The molecule has 0 radical (unpaired) electrons. The predicted octanol–water partition coefficient (Wildman–Crippen LogP) is 1.09. The van der Waals surface area contributed by atoms with Crippen molar-refractivity contribution in [2.24, 2.45) is 0 Å². The number of sulfonamides is 1. The van der Waals surface area contributed by atoms with E-state index in [9.17, 15) is 8.42 Å². The smallest absolute Gasteiger partial charge is 0.215 e. The van der Waals surface area contributed by atoms with Gasteiger partial charge in [0.15, 0.2) is 0 Å². The largest absolute Gasteiger partial charge is 0.315 e. The Balaban J connectivity index is 4.08. The quantitative estimate of drug-likeness (QED) is 0.620. The molecule has 0 fully saturated rings. The van der Waals surface area contributed by atoms with Crippen molar-refractivity contribution in [3.63, 3.8) is 0 Å². The average molecular weight is 236 g/mol. The molecule has 0 aromatic rings. The summed E-state index contributed by atoms with van der Waals surface area (Å²) in [6.45, 7) is 9.01. The Hall–Kier alpha value is -0.130. The minimum Gasteiger partial charge on any atom is -0.315 e. The van der Waals surface area contributed by atoms with Crippen LogP contribution in [0.15, 0.2) is 0 Å². The molecule has 2 N–H and O–H groups in total. The van der Waals surface area contributed by atoms with E-state index >= 15 is 0 Å². The summed E-state index contributed by atoms with van der Waals surface area (Å²) < 4.78 is 26.2. The molecule has 0 aromatic carbocycles. The minimum absolute atomic E-state index is 0.0172. The van der Waals surface area contributed by atoms with Crippen molar-refractivity contribution in [3.8, 4) is 0 Å². The first-order valence-electron chi connectivity index (χ1n) is 5.65. The summed E-state index contributed by atoms with van der Waals surface area (Å²) in [4.78, 5) is 0. The summed E-state index contributed by atoms with van der Waals surface area (Å²) in [5.74, 6) is 0. The van der Waals surface area contributed by atoms with Gasteiger partial charge in [0.25, 0.3) is 0 Å². The van der Waals surface area contributed by atoms with Gasteiger partial charge < -0.3 is 5.32 Å². The molecule has 5 heteroatoms. The monoisotopic (exact) mass is 236 g/mol. The number of rotatable bonds is 8. The first kappa shape index (κ1) is 14.9. The zero-order valence-corrected chi connectivity index (χ0v) is 11.0. The lowest BCUT2D eigenvalue weighted by molar-refractivity contribution is 0.536. The standard InChI is InChI=1S/C10H24N2O2S/c1-5-7-11-8-10(4)15(13,14)12-9(3)6-2/h9-12H,5-8H2,1-4H3. The highest BCUT2D eigenvalue weighted by molar-refractivity contribution is 7.90. The maximum absolute atomic E-state index is 11.7. The lowest BCUT2D eigenvalue weighted by Gasteiger charge is -2.17. The van der Waals surface area contributed by atoms with E-state index < -0.39 is 10.0 Å². The van der Waals surface area contributed by atoms with Crippen molar-refractivity contribution in [2.45, 2.75) is 51.8 Å². The Morgan fingerprint density at radius 1 is 1.20 bits per heavy atom. The van der Waals surface area contributed by atoms with Gasteiger partial charge in [0.2, 0.25) is 10.0 Å². The molecular formula is C10H24N2O2S. The van der Waals surface area contributed by atoms with E-state index in [-0.39, 0.29) is 11.3 Å². The topological polar surface area (TPSA) is 58.2 Å². The van der Waals surface area contributed by atoms with Gasteiger partial charge in [-0.3, -0.25) is 0 Å². The lowest BCUT2D eigenvalue weighted by atomic mass is 10.3. The van der Waals surface area contributed by atoms with Crippen molar-refractivity contribution in [2.75, 3.05) is 13.1 Å². The molecule has 0 aliphatic rings. The van der Waals surface area contributed by atoms with Gasteiger partial charge in [0.05, 0.1) is 5.25 Å². The lowest BCUT2D eigenvalue weighted by Crippen LogP contribution is -2.42. The Kier molecular flexibility index (Phi) is 7.13. The highest BCUT2D eigenvalue weighted by Gasteiger charge is 2.21. The summed E-state index contributed by atoms with van der Waals surface area (Å²) in [6, 6.07) is 0.0172. The first-order valence-corrected chi connectivity index (χ1v) is 7.20. The maximum atomic E-state index is 11.7. The van der Waals surface area contributed by atoms with E-state index in [0.717, 1.165) is 19.4 Å². The molecule has 0 rings (SSSR count). The summed E-state index contributed by atoms with van der Waals surface area (Å²) in [6.07, 6.45) is 1.83. The second-order valence-corrected chi connectivity index (χ2v) is 6.12. The van der Waals surface area contributed by atoms with Crippen molar-refractivity contribution < 1.29 is 8.42 Å². The van der Waals surface area contributed by atoms with Crippen molar-refractivity contribution >= 4 is 10.0 Å². The van der Waals surface area contributed by atoms with E-state index in [4.69, 9.17) is 0 Å². The second-order valence-electron chi connectivity index (χ2n) is 3.99. The Morgan fingerprint density at radius 2 is 1.80 bits per heavy atom. The third kappa shape index (κ3) is 6.12. The molecule has 4 nitrogen and oxygen atoms in total.